The minimum absolute atomic E-state index is 0.337. The lowest BCUT2D eigenvalue weighted by atomic mass is 10.00. The third kappa shape index (κ3) is 2.95. The molecule has 24 heavy (non-hydrogen) atoms. The Hall–Kier alpha value is -2.18. The Bertz CT molecular complexity index is 688. The molecule has 0 bridgehead atoms. The molecule has 0 spiro atoms. The molecule has 3 heterocycles. The van der Waals surface area contributed by atoms with Gasteiger partial charge in [0.25, 0.3) is 0 Å². The summed E-state index contributed by atoms with van der Waals surface area (Å²) in [5, 5.41) is 0. The van der Waals surface area contributed by atoms with Gasteiger partial charge in [-0.25, -0.2) is 4.98 Å². The Morgan fingerprint density at radius 3 is 2.75 bits per heavy atom. The lowest BCUT2D eigenvalue weighted by molar-refractivity contribution is -0.0548. The minimum Gasteiger partial charge on any atom is -0.378 e. The van der Waals surface area contributed by atoms with E-state index in [9.17, 15) is 0 Å². The Kier molecular flexibility index (Phi) is 4.08. The van der Waals surface area contributed by atoms with Crippen molar-refractivity contribution in [2.75, 3.05) is 43.5 Å². The highest BCUT2D eigenvalue weighted by Crippen LogP contribution is 2.30. The third-order valence-corrected chi connectivity index (χ3v) is 4.88. The van der Waals surface area contributed by atoms with Crippen LogP contribution in [0.25, 0.3) is 0 Å². The van der Waals surface area contributed by atoms with Crippen LogP contribution in [0.2, 0.25) is 0 Å². The molecule has 4 rings (SSSR count). The van der Waals surface area contributed by atoms with E-state index in [4.69, 9.17) is 10.5 Å². The van der Waals surface area contributed by atoms with Crippen molar-refractivity contribution in [1.29, 1.82) is 0 Å². The van der Waals surface area contributed by atoms with E-state index in [0.29, 0.717) is 18.0 Å². The van der Waals surface area contributed by atoms with Gasteiger partial charge in [-0.1, -0.05) is 30.3 Å². The first-order valence-corrected chi connectivity index (χ1v) is 8.45. The van der Waals surface area contributed by atoms with E-state index in [1.807, 2.05) is 13.0 Å². The standard InChI is InChI=1S/C18H23N5O/c1-13-9-17(21-18(19)20-13)22-7-8-23-15(10-22)11-24-12-16(23)14-5-3-2-4-6-14/h2-6,9,15-16H,7-8,10-12H2,1H3,(H2,19,20,21)/t15-,16-/m1/s1. The number of hydrogen-bond donors (Lipinski definition) is 1. The van der Waals surface area contributed by atoms with Crippen molar-refractivity contribution < 1.29 is 4.74 Å². The highest BCUT2D eigenvalue weighted by molar-refractivity contribution is 5.44. The fraction of sp³-hybridized carbons (Fsp3) is 0.444. The topological polar surface area (TPSA) is 67.5 Å². The van der Waals surface area contributed by atoms with Crippen LogP contribution in [0, 0.1) is 6.92 Å². The molecule has 0 amide bonds. The average Bonchev–Trinajstić information content (AvgIpc) is 2.60. The van der Waals surface area contributed by atoms with Crippen molar-refractivity contribution in [3.05, 3.63) is 47.7 Å². The molecule has 0 radical (unpaired) electrons. The molecule has 2 fully saturated rings. The summed E-state index contributed by atoms with van der Waals surface area (Å²) < 4.78 is 5.91. The second kappa shape index (κ2) is 6.37. The summed E-state index contributed by atoms with van der Waals surface area (Å²) in [4.78, 5) is 13.4. The summed E-state index contributed by atoms with van der Waals surface area (Å²) in [6, 6.07) is 13.4. The first-order valence-electron chi connectivity index (χ1n) is 8.45. The molecular weight excluding hydrogens is 302 g/mol. The second-order valence-corrected chi connectivity index (χ2v) is 6.53. The molecule has 2 N–H and O–H groups in total. The fourth-order valence-electron chi connectivity index (χ4n) is 3.75. The van der Waals surface area contributed by atoms with Gasteiger partial charge in [-0.05, 0) is 12.5 Å². The van der Waals surface area contributed by atoms with E-state index in [0.717, 1.165) is 44.4 Å². The van der Waals surface area contributed by atoms with Crippen LogP contribution in [0.3, 0.4) is 0 Å². The van der Waals surface area contributed by atoms with Crippen LogP contribution in [0.1, 0.15) is 17.3 Å². The predicted octanol–water partition coefficient (Wildman–Crippen LogP) is 1.63. The number of benzene rings is 1. The molecule has 2 aliphatic heterocycles. The lowest BCUT2D eigenvalue weighted by Gasteiger charge is -2.48. The number of fused-ring (bicyclic) bond motifs is 1. The van der Waals surface area contributed by atoms with Crippen molar-refractivity contribution in [1.82, 2.24) is 14.9 Å². The van der Waals surface area contributed by atoms with Gasteiger partial charge in [-0.2, -0.15) is 4.98 Å². The summed E-state index contributed by atoms with van der Waals surface area (Å²) >= 11 is 0. The van der Waals surface area contributed by atoms with Gasteiger partial charge < -0.3 is 15.4 Å². The van der Waals surface area contributed by atoms with Gasteiger partial charge in [0, 0.05) is 31.4 Å². The van der Waals surface area contributed by atoms with Crippen LogP contribution in [0.4, 0.5) is 11.8 Å². The Balaban J connectivity index is 1.53. The van der Waals surface area contributed by atoms with Crippen LogP contribution in [-0.4, -0.2) is 53.8 Å². The SMILES string of the molecule is Cc1cc(N2CCN3[C@@H](COC[C@@H]3c3ccccc3)C2)nc(N)n1. The summed E-state index contributed by atoms with van der Waals surface area (Å²) in [5.74, 6) is 1.26. The Morgan fingerprint density at radius 1 is 1.12 bits per heavy atom. The molecule has 0 unspecified atom stereocenters. The van der Waals surface area contributed by atoms with Gasteiger partial charge in [-0.15, -0.1) is 0 Å². The van der Waals surface area contributed by atoms with E-state index >= 15 is 0 Å². The van der Waals surface area contributed by atoms with Gasteiger partial charge in [0.15, 0.2) is 0 Å². The number of aryl methyl sites for hydroxylation is 1. The number of piperazine rings is 1. The van der Waals surface area contributed by atoms with Crippen LogP contribution in [-0.2, 0) is 4.74 Å². The van der Waals surface area contributed by atoms with Crippen LogP contribution < -0.4 is 10.6 Å². The normalized spacial score (nSPS) is 24.6. The summed E-state index contributed by atoms with van der Waals surface area (Å²) in [5.41, 5.74) is 8.05. The smallest absolute Gasteiger partial charge is 0.222 e. The molecule has 2 aliphatic rings. The number of aromatic nitrogens is 2. The number of ether oxygens (including phenoxy) is 1. The van der Waals surface area contributed by atoms with Crippen molar-refractivity contribution in [3.63, 3.8) is 0 Å². The van der Waals surface area contributed by atoms with Gasteiger partial charge in [0.05, 0.1) is 25.3 Å². The van der Waals surface area contributed by atoms with Crippen molar-refractivity contribution >= 4 is 11.8 Å². The molecule has 0 aliphatic carbocycles. The van der Waals surface area contributed by atoms with E-state index < -0.39 is 0 Å². The number of morpholine rings is 1. The first-order chi connectivity index (χ1) is 11.7. The maximum Gasteiger partial charge on any atom is 0.222 e. The minimum atomic E-state index is 0.337. The van der Waals surface area contributed by atoms with Crippen LogP contribution in [0.15, 0.2) is 36.4 Å². The van der Waals surface area contributed by atoms with E-state index in [1.54, 1.807) is 0 Å². The fourth-order valence-corrected chi connectivity index (χ4v) is 3.75. The van der Waals surface area contributed by atoms with Crippen LogP contribution in [0.5, 0.6) is 0 Å². The van der Waals surface area contributed by atoms with Gasteiger partial charge in [0.1, 0.15) is 5.82 Å². The number of hydrogen-bond acceptors (Lipinski definition) is 6. The Labute approximate surface area is 142 Å². The Morgan fingerprint density at radius 2 is 1.96 bits per heavy atom. The molecule has 2 aromatic rings. The molecule has 6 heteroatoms. The quantitative estimate of drug-likeness (QED) is 0.905. The zero-order valence-electron chi connectivity index (χ0n) is 13.9. The van der Waals surface area contributed by atoms with Crippen molar-refractivity contribution in [2.45, 2.75) is 19.0 Å². The number of rotatable bonds is 2. The molecule has 2 saturated heterocycles. The van der Waals surface area contributed by atoms with Crippen molar-refractivity contribution in [3.8, 4) is 0 Å². The third-order valence-electron chi connectivity index (χ3n) is 4.88. The number of nitrogens with zero attached hydrogens (tertiary/aromatic N) is 4. The number of nitrogens with two attached hydrogens (primary N) is 1. The number of nitrogen functional groups attached to an aromatic ring is 1. The lowest BCUT2D eigenvalue weighted by Crippen LogP contribution is -2.59. The monoisotopic (exact) mass is 325 g/mol. The predicted molar refractivity (Wildman–Crippen MR) is 93.9 cm³/mol. The van der Waals surface area contributed by atoms with Crippen molar-refractivity contribution in [2.24, 2.45) is 0 Å². The van der Waals surface area contributed by atoms with Gasteiger partial charge in [0.2, 0.25) is 5.95 Å². The first kappa shape index (κ1) is 15.4. The average molecular weight is 325 g/mol. The molecule has 6 nitrogen and oxygen atoms in total. The highest BCUT2D eigenvalue weighted by Gasteiger charge is 2.36. The van der Waals surface area contributed by atoms with E-state index in [-0.39, 0.29) is 0 Å². The molecule has 1 aromatic carbocycles. The maximum atomic E-state index is 5.91. The second-order valence-electron chi connectivity index (χ2n) is 6.53. The number of anilines is 2. The highest BCUT2D eigenvalue weighted by atomic mass is 16.5. The van der Waals surface area contributed by atoms with Crippen LogP contribution >= 0.6 is 0 Å². The van der Waals surface area contributed by atoms with Gasteiger partial charge >= 0.3 is 0 Å². The van der Waals surface area contributed by atoms with Gasteiger partial charge in [-0.3, -0.25) is 4.90 Å². The zero-order valence-corrected chi connectivity index (χ0v) is 13.9. The molecule has 0 saturated carbocycles. The zero-order chi connectivity index (χ0) is 16.5. The largest absolute Gasteiger partial charge is 0.378 e. The summed E-state index contributed by atoms with van der Waals surface area (Å²) in [6.45, 7) is 6.32. The summed E-state index contributed by atoms with van der Waals surface area (Å²) in [6.07, 6.45) is 0. The molecule has 1 aromatic heterocycles. The van der Waals surface area contributed by atoms with E-state index in [1.165, 1.54) is 5.56 Å². The molecule has 126 valence electrons. The summed E-state index contributed by atoms with van der Waals surface area (Å²) in [7, 11) is 0. The molecular formula is C18H23N5O. The molecule has 2 atom stereocenters. The maximum absolute atomic E-state index is 5.91. The van der Waals surface area contributed by atoms with E-state index in [2.05, 4.69) is 50.1 Å².